The Hall–Kier alpha value is -1.03. The monoisotopic (exact) mass is 382 g/mol. The molecule has 2 aromatic carbocycles. The standard InChI is InChI=1S/C16H13BrCl2N2/c1-9-3-4-14-13(5-9)20-16(8-18)21(14)15-7-12(19)10(2)6-11(15)17/h3-7H,8H2,1-2H3. The van der Waals surface area contributed by atoms with Gasteiger partial charge in [-0.3, -0.25) is 4.57 Å². The summed E-state index contributed by atoms with van der Waals surface area (Å²) in [7, 11) is 0. The number of rotatable bonds is 2. The maximum absolute atomic E-state index is 6.29. The first kappa shape index (κ1) is 14.9. The first-order chi connectivity index (χ1) is 10.0. The Morgan fingerprint density at radius 1 is 1.19 bits per heavy atom. The molecule has 0 N–H and O–H groups in total. The lowest BCUT2D eigenvalue weighted by atomic mass is 10.2. The number of imidazole rings is 1. The van der Waals surface area contributed by atoms with Crippen molar-refractivity contribution in [2.24, 2.45) is 0 Å². The van der Waals surface area contributed by atoms with Gasteiger partial charge in [0.15, 0.2) is 0 Å². The third kappa shape index (κ3) is 2.59. The Kier molecular flexibility index (Phi) is 4.00. The van der Waals surface area contributed by atoms with Gasteiger partial charge in [0, 0.05) is 9.50 Å². The molecule has 0 atom stereocenters. The van der Waals surface area contributed by atoms with Crippen LogP contribution in [0.3, 0.4) is 0 Å². The highest BCUT2D eigenvalue weighted by atomic mass is 79.9. The molecule has 0 saturated heterocycles. The third-order valence-corrected chi connectivity index (χ3v) is 4.75. The molecular weight excluding hydrogens is 371 g/mol. The summed E-state index contributed by atoms with van der Waals surface area (Å²) in [5.41, 5.74) is 5.12. The maximum atomic E-state index is 6.29. The molecule has 5 heteroatoms. The van der Waals surface area contributed by atoms with Crippen LogP contribution in [0.1, 0.15) is 17.0 Å². The molecule has 1 aromatic heterocycles. The third-order valence-electron chi connectivity index (χ3n) is 3.47. The second kappa shape index (κ2) is 5.64. The van der Waals surface area contributed by atoms with Crippen LogP contribution in [0.25, 0.3) is 16.7 Å². The van der Waals surface area contributed by atoms with Gasteiger partial charge < -0.3 is 0 Å². The summed E-state index contributed by atoms with van der Waals surface area (Å²) in [4.78, 5) is 4.63. The van der Waals surface area contributed by atoms with Crippen molar-refractivity contribution < 1.29 is 0 Å². The fourth-order valence-corrected chi connectivity index (χ4v) is 3.38. The predicted molar refractivity (Wildman–Crippen MR) is 92.8 cm³/mol. The number of halogens is 3. The summed E-state index contributed by atoms with van der Waals surface area (Å²) in [6, 6.07) is 10.1. The molecular formula is C16H13BrCl2N2. The van der Waals surface area contributed by atoms with Crippen LogP contribution in [-0.4, -0.2) is 9.55 Å². The summed E-state index contributed by atoms with van der Waals surface area (Å²) in [6.07, 6.45) is 0. The summed E-state index contributed by atoms with van der Waals surface area (Å²) in [5.74, 6) is 1.14. The maximum Gasteiger partial charge on any atom is 0.129 e. The minimum absolute atomic E-state index is 0.339. The quantitative estimate of drug-likeness (QED) is 0.511. The van der Waals surface area contributed by atoms with E-state index >= 15 is 0 Å². The summed E-state index contributed by atoms with van der Waals surface area (Å²) >= 11 is 16.0. The molecule has 0 amide bonds. The molecule has 0 aliphatic heterocycles. The average Bonchev–Trinajstić information content (AvgIpc) is 2.80. The highest BCUT2D eigenvalue weighted by Crippen LogP contribution is 2.32. The average molecular weight is 384 g/mol. The van der Waals surface area contributed by atoms with E-state index in [9.17, 15) is 0 Å². The van der Waals surface area contributed by atoms with Gasteiger partial charge in [0.2, 0.25) is 0 Å². The lowest BCUT2D eigenvalue weighted by Gasteiger charge is -2.12. The van der Waals surface area contributed by atoms with Crippen molar-refractivity contribution in [3.05, 3.63) is 56.8 Å². The molecule has 21 heavy (non-hydrogen) atoms. The lowest BCUT2D eigenvalue weighted by Crippen LogP contribution is -2.01. The molecule has 0 spiro atoms. The van der Waals surface area contributed by atoms with E-state index in [0.29, 0.717) is 5.88 Å². The summed E-state index contributed by atoms with van der Waals surface area (Å²) < 4.78 is 3.02. The summed E-state index contributed by atoms with van der Waals surface area (Å²) in [5, 5.41) is 0.725. The molecule has 0 saturated carbocycles. The van der Waals surface area contributed by atoms with Crippen LogP contribution in [-0.2, 0) is 5.88 Å². The number of hydrogen-bond donors (Lipinski definition) is 0. The zero-order chi connectivity index (χ0) is 15.1. The fraction of sp³-hybridized carbons (Fsp3) is 0.188. The van der Waals surface area contributed by atoms with Gasteiger partial charge >= 0.3 is 0 Å². The smallest absolute Gasteiger partial charge is 0.129 e. The van der Waals surface area contributed by atoms with Crippen LogP contribution in [0.15, 0.2) is 34.8 Å². The van der Waals surface area contributed by atoms with Crippen LogP contribution in [0, 0.1) is 13.8 Å². The van der Waals surface area contributed by atoms with Gasteiger partial charge in [-0.25, -0.2) is 4.98 Å². The van der Waals surface area contributed by atoms with Crippen molar-refractivity contribution in [3.63, 3.8) is 0 Å². The number of fused-ring (bicyclic) bond motifs is 1. The molecule has 0 aliphatic rings. The van der Waals surface area contributed by atoms with Crippen molar-refractivity contribution in [2.45, 2.75) is 19.7 Å². The minimum atomic E-state index is 0.339. The first-order valence-corrected chi connectivity index (χ1v) is 8.22. The zero-order valence-corrected chi connectivity index (χ0v) is 14.7. The number of aryl methyl sites for hydroxylation is 2. The van der Waals surface area contributed by atoms with E-state index in [2.05, 4.69) is 50.6 Å². The molecule has 2 nitrogen and oxygen atoms in total. The number of nitrogens with zero attached hydrogens (tertiary/aromatic N) is 2. The molecule has 0 aliphatic carbocycles. The topological polar surface area (TPSA) is 17.8 Å². The number of benzene rings is 2. The Bertz CT molecular complexity index is 840. The van der Waals surface area contributed by atoms with Gasteiger partial charge in [-0.1, -0.05) is 17.7 Å². The van der Waals surface area contributed by atoms with E-state index < -0.39 is 0 Å². The molecule has 0 fully saturated rings. The molecule has 0 radical (unpaired) electrons. The van der Waals surface area contributed by atoms with E-state index in [1.54, 1.807) is 0 Å². The zero-order valence-electron chi connectivity index (χ0n) is 11.6. The van der Waals surface area contributed by atoms with E-state index in [-0.39, 0.29) is 0 Å². The number of hydrogen-bond acceptors (Lipinski definition) is 1. The largest absolute Gasteiger partial charge is 0.294 e. The van der Waals surface area contributed by atoms with Crippen LogP contribution in [0.5, 0.6) is 0 Å². The van der Waals surface area contributed by atoms with E-state index in [1.165, 1.54) is 5.56 Å². The molecule has 0 unspecified atom stereocenters. The van der Waals surface area contributed by atoms with Gasteiger partial charge in [-0.15, -0.1) is 11.6 Å². The van der Waals surface area contributed by atoms with Crippen LogP contribution < -0.4 is 0 Å². The Morgan fingerprint density at radius 2 is 1.95 bits per heavy atom. The van der Waals surface area contributed by atoms with Gasteiger partial charge in [0.05, 0.1) is 22.6 Å². The molecule has 0 bridgehead atoms. The molecule has 3 rings (SSSR count). The van der Waals surface area contributed by atoms with Crippen molar-refractivity contribution in [2.75, 3.05) is 0 Å². The Morgan fingerprint density at radius 3 is 2.67 bits per heavy atom. The molecule has 108 valence electrons. The van der Waals surface area contributed by atoms with E-state index in [1.807, 2.05) is 19.1 Å². The summed E-state index contributed by atoms with van der Waals surface area (Å²) in [6.45, 7) is 4.03. The second-order valence-electron chi connectivity index (χ2n) is 5.04. The highest BCUT2D eigenvalue weighted by Gasteiger charge is 2.15. The van der Waals surface area contributed by atoms with Gasteiger partial charge in [0.25, 0.3) is 0 Å². The number of aromatic nitrogens is 2. The van der Waals surface area contributed by atoms with Crippen LogP contribution >= 0.6 is 39.1 Å². The first-order valence-electron chi connectivity index (χ1n) is 6.51. The number of alkyl halides is 1. The normalized spacial score (nSPS) is 11.3. The van der Waals surface area contributed by atoms with Gasteiger partial charge in [0.1, 0.15) is 5.82 Å². The van der Waals surface area contributed by atoms with E-state index in [0.717, 1.165) is 37.6 Å². The second-order valence-corrected chi connectivity index (χ2v) is 6.57. The Balaban J connectivity index is 2.36. The highest BCUT2D eigenvalue weighted by molar-refractivity contribution is 9.10. The van der Waals surface area contributed by atoms with Crippen molar-refractivity contribution in [1.29, 1.82) is 0 Å². The van der Waals surface area contributed by atoms with Crippen molar-refractivity contribution >= 4 is 50.2 Å². The van der Waals surface area contributed by atoms with Gasteiger partial charge in [-0.2, -0.15) is 0 Å². The predicted octanol–water partition coefficient (Wildman–Crippen LogP) is 5.80. The molecule has 3 aromatic rings. The van der Waals surface area contributed by atoms with E-state index in [4.69, 9.17) is 23.2 Å². The van der Waals surface area contributed by atoms with Crippen molar-refractivity contribution in [3.8, 4) is 5.69 Å². The Labute approximate surface area is 141 Å². The molecule has 1 heterocycles. The minimum Gasteiger partial charge on any atom is -0.294 e. The fourth-order valence-electron chi connectivity index (χ4n) is 2.41. The van der Waals surface area contributed by atoms with Crippen LogP contribution in [0.2, 0.25) is 5.02 Å². The van der Waals surface area contributed by atoms with Crippen LogP contribution in [0.4, 0.5) is 0 Å². The van der Waals surface area contributed by atoms with Gasteiger partial charge in [-0.05, 0) is 65.2 Å². The van der Waals surface area contributed by atoms with Crippen molar-refractivity contribution in [1.82, 2.24) is 9.55 Å². The lowest BCUT2D eigenvalue weighted by molar-refractivity contribution is 0.976. The SMILES string of the molecule is Cc1ccc2c(c1)nc(CCl)n2-c1cc(Cl)c(C)cc1Br.